The Morgan fingerprint density at radius 1 is 1.42 bits per heavy atom. The highest BCUT2D eigenvalue weighted by atomic mass is 28.3. The summed E-state index contributed by atoms with van der Waals surface area (Å²) in [6, 6.07) is 3.44. The van der Waals surface area contributed by atoms with Crippen LogP contribution in [-0.2, 0) is 0 Å². The number of nitriles is 1. The van der Waals surface area contributed by atoms with Crippen LogP contribution < -0.4 is 0 Å². The molecule has 0 aliphatic carbocycles. The van der Waals surface area contributed by atoms with E-state index in [2.05, 4.69) is 37.7 Å². The van der Waals surface area contributed by atoms with Crippen molar-refractivity contribution in [1.82, 2.24) is 4.57 Å². The van der Waals surface area contributed by atoms with Crippen molar-refractivity contribution < 1.29 is 0 Å². The molecule has 0 unspecified atom stereocenters. The fourth-order valence-electron chi connectivity index (χ4n) is 1.22. The Morgan fingerprint density at radius 2 is 2.00 bits per heavy atom. The van der Waals surface area contributed by atoms with Crippen LogP contribution in [0.25, 0.3) is 0 Å². The van der Waals surface area contributed by atoms with E-state index in [9.17, 15) is 0 Å². The predicted octanol–water partition coefficient (Wildman–Crippen LogP) is 2.45. The van der Waals surface area contributed by atoms with Gasteiger partial charge < -0.3 is 4.57 Å². The van der Waals surface area contributed by atoms with Gasteiger partial charge in [-0.2, -0.15) is 5.26 Å². The van der Waals surface area contributed by atoms with Crippen LogP contribution in [0.2, 0.25) is 19.1 Å². The summed E-state index contributed by atoms with van der Waals surface area (Å²) in [5.41, 5.74) is 0. The fraction of sp³-hybridized carbons (Fsp3) is 0.889. The molecule has 0 heterocycles. The highest BCUT2D eigenvalue weighted by Gasteiger charge is 2.24. The van der Waals surface area contributed by atoms with Gasteiger partial charge in [0.1, 0.15) is 8.24 Å². The molecule has 0 rings (SSSR count). The molecule has 3 heteroatoms. The molecule has 0 saturated carbocycles. The summed E-state index contributed by atoms with van der Waals surface area (Å²) < 4.78 is 2.46. The van der Waals surface area contributed by atoms with E-state index in [0.717, 1.165) is 13.0 Å². The van der Waals surface area contributed by atoms with E-state index in [1.807, 2.05) is 0 Å². The lowest BCUT2D eigenvalue weighted by molar-refractivity contribution is 0.530. The second-order valence-corrected chi connectivity index (χ2v) is 8.73. The van der Waals surface area contributed by atoms with Gasteiger partial charge in [0.2, 0.25) is 0 Å². The number of hydrogen-bond donors (Lipinski definition) is 0. The van der Waals surface area contributed by atoms with E-state index in [1.54, 1.807) is 0 Å². The molecule has 0 aliphatic heterocycles. The highest BCUT2D eigenvalue weighted by molar-refractivity contribution is 6.74. The van der Waals surface area contributed by atoms with Crippen LogP contribution in [-0.4, -0.2) is 26.4 Å². The first kappa shape index (κ1) is 11.7. The monoisotopic (exact) mass is 184 g/mol. The number of nitrogens with zero attached hydrogens (tertiary/aromatic N) is 2. The molecule has 0 amide bonds. The van der Waals surface area contributed by atoms with Crippen LogP contribution in [0.5, 0.6) is 0 Å². The lowest BCUT2D eigenvalue weighted by atomic mass is 10.4. The minimum Gasteiger partial charge on any atom is -0.327 e. The lowest BCUT2D eigenvalue weighted by Gasteiger charge is -2.32. The molecule has 12 heavy (non-hydrogen) atoms. The molecule has 0 aliphatic rings. The van der Waals surface area contributed by atoms with Crippen LogP contribution in [0.3, 0.4) is 0 Å². The molecule has 0 aromatic heterocycles. The SMILES string of the molecule is CCN(C)[Si](C)(C)CCCC#N. The first-order valence-corrected chi connectivity index (χ1v) is 7.78. The maximum absolute atomic E-state index is 8.41. The summed E-state index contributed by atoms with van der Waals surface area (Å²) in [6.07, 6.45) is 1.79. The first-order valence-electron chi connectivity index (χ1n) is 4.62. The zero-order valence-corrected chi connectivity index (χ0v) is 9.72. The molecule has 0 fully saturated rings. The number of unbranched alkanes of at least 4 members (excludes halogenated alkanes) is 1. The Labute approximate surface area is 77.3 Å². The normalized spacial score (nSPS) is 11.7. The molecular weight excluding hydrogens is 164 g/mol. The number of hydrogen-bond acceptors (Lipinski definition) is 2. The molecular formula is C9H20N2Si. The molecule has 0 bridgehead atoms. The second-order valence-electron chi connectivity index (χ2n) is 3.84. The van der Waals surface area contributed by atoms with Gasteiger partial charge in [-0.05, 0) is 26.1 Å². The van der Waals surface area contributed by atoms with Crippen molar-refractivity contribution in [2.75, 3.05) is 13.6 Å². The zero-order chi connectivity index (χ0) is 9.61. The predicted molar refractivity (Wildman–Crippen MR) is 55.4 cm³/mol. The van der Waals surface area contributed by atoms with E-state index in [4.69, 9.17) is 5.26 Å². The van der Waals surface area contributed by atoms with Gasteiger partial charge in [-0.3, -0.25) is 0 Å². The van der Waals surface area contributed by atoms with E-state index < -0.39 is 8.24 Å². The van der Waals surface area contributed by atoms with E-state index >= 15 is 0 Å². The van der Waals surface area contributed by atoms with Crippen LogP contribution in [0.15, 0.2) is 0 Å². The van der Waals surface area contributed by atoms with Gasteiger partial charge in [0.05, 0.1) is 6.07 Å². The Kier molecular flexibility index (Phi) is 5.19. The summed E-state index contributed by atoms with van der Waals surface area (Å²) >= 11 is 0. The summed E-state index contributed by atoms with van der Waals surface area (Å²) in [4.78, 5) is 0. The van der Waals surface area contributed by atoms with Crippen LogP contribution >= 0.6 is 0 Å². The Bertz CT molecular complexity index is 160. The molecule has 0 spiro atoms. The average Bonchev–Trinajstić information content (AvgIpc) is 2.03. The van der Waals surface area contributed by atoms with Crippen LogP contribution in [0.1, 0.15) is 19.8 Å². The molecule has 0 N–H and O–H groups in total. The molecule has 0 saturated heterocycles. The van der Waals surface area contributed by atoms with E-state index in [-0.39, 0.29) is 0 Å². The minimum atomic E-state index is -1.16. The topological polar surface area (TPSA) is 27.0 Å². The molecule has 0 aromatic rings. The summed E-state index contributed by atoms with van der Waals surface area (Å²) in [5.74, 6) is 0. The van der Waals surface area contributed by atoms with Crippen molar-refractivity contribution in [2.45, 2.75) is 38.9 Å². The Morgan fingerprint density at radius 3 is 2.42 bits per heavy atom. The van der Waals surface area contributed by atoms with Crippen molar-refractivity contribution in [2.24, 2.45) is 0 Å². The highest BCUT2D eigenvalue weighted by Crippen LogP contribution is 2.16. The van der Waals surface area contributed by atoms with Crippen molar-refractivity contribution in [1.29, 1.82) is 5.26 Å². The standard InChI is InChI=1S/C9H20N2Si/c1-5-11(2)12(3,4)9-7-6-8-10/h5-7,9H2,1-4H3. The van der Waals surface area contributed by atoms with Crippen molar-refractivity contribution in [3.05, 3.63) is 0 Å². The smallest absolute Gasteiger partial charge is 0.121 e. The zero-order valence-electron chi connectivity index (χ0n) is 8.72. The third-order valence-electron chi connectivity index (χ3n) is 2.58. The maximum Gasteiger partial charge on any atom is 0.121 e. The summed E-state index contributed by atoms with van der Waals surface area (Å²) in [7, 11) is 1.03. The maximum atomic E-state index is 8.41. The van der Waals surface area contributed by atoms with Gasteiger partial charge in [0, 0.05) is 6.42 Å². The summed E-state index contributed by atoms with van der Waals surface area (Å²) in [5, 5.41) is 8.41. The Hall–Kier alpha value is -0.333. The van der Waals surface area contributed by atoms with Gasteiger partial charge in [0.25, 0.3) is 0 Å². The van der Waals surface area contributed by atoms with Crippen molar-refractivity contribution in [3.63, 3.8) is 0 Å². The Balaban J connectivity index is 3.79. The summed E-state index contributed by atoms with van der Waals surface area (Å²) in [6.45, 7) is 8.06. The third-order valence-corrected chi connectivity index (χ3v) is 6.54. The van der Waals surface area contributed by atoms with Crippen molar-refractivity contribution >= 4 is 8.24 Å². The number of rotatable bonds is 5. The molecule has 0 aromatic carbocycles. The lowest BCUT2D eigenvalue weighted by Crippen LogP contribution is -2.45. The largest absolute Gasteiger partial charge is 0.327 e. The van der Waals surface area contributed by atoms with Crippen molar-refractivity contribution in [3.8, 4) is 6.07 Å². The average molecular weight is 184 g/mol. The first-order chi connectivity index (χ1) is 5.54. The molecule has 70 valence electrons. The van der Waals surface area contributed by atoms with Gasteiger partial charge in [-0.1, -0.05) is 20.0 Å². The van der Waals surface area contributed by atoms with E-state index in [0.29, 0.717) is 6.42 Å². The second kappa shape index (κ2) is 5.34. The quantitative estimate of drug-likeness (QED) is 0.485. The van der Waals surface area contributed by atoms with E-state index in [1.165, 1.54) is 6.04 Å². The van der Waals surface area contributed by atoms with Gasteiger partial charge in [-0.15, -0.1) is 0 Å². The van der Waals surface area contributed by atoms with Crippen LogP contribution in [0.4, 0.5) is 0 Å². The minimum absolute atomic E-state index is 0.716. The van der Waals surface area contributed by atoms with Gasteiger partial charge in [0.15, 0.2) is 0 Å². The fourth-order valence-corrected chi connectivity index (χ4v) is 3.50. The molecule has 2 nitrogen and oxygen atoms in total. The molecule has 0 atom stereocenters. The third kappa shape index (κ3) is 3.89. The van der Waals surface area contributed by atoms with Gasteiger partial charge in [-0.25, -0.2) is 0 Å². The van der Waals surface area contributed by atoms with Gasteiger partial charge >= 0.3 is 0 Å². The van der Waals surface area contributed by atoms with Crippen LogP contribution in [0, 0.1) is 11.3 Å². The molecule has 0 radical (unpaired) electrons.